The van der Waals surface area contributed by atoms with Crippen LogP contribution in [0.4, 0.5) is 0 Å². The van der Waals surface area contributed by atoms with Gasteiger partial charge < -0.3 is 19.7 Å². The lowest BCUT2D eigenvalue weighted by atomic mass is 10.0. The molecule has 1 unspecified atom stereocenters. The first-order valence-corrected chi connectivity index (χ1v) is 12.7. The van der Waals surface area contributed by atoms with Crippen LogP contribution in [0.1, 0.15) is 48.6 Å². The van der Waals surface area contributed by atoms with E-state index in [1.807, 2.05) is 37.3 Å². The van der Waals surface area contributed by atoms with E-state index in [9.17, 15) is 14.7 Å². The predicted octanol–water partition coefficient (Wildman–Crippen LogP) is 3.78. The lowest BCUT2D eigenvalue weighted by Gasteiger charge is -2.32. The van der Waals surface area contributed by atoms with Gasteiger partial charge >= 0.3 is 0 Å². The fourth-order valence-corrected chi connectivity index (χ4v) is 4.76. The molecule has 5 rings (SSSR count). The number of aryl methyl sites for hydroxylation is 1. The molecule has 1 aliphatic carbocycles. The average molecular weight is 515 g/mol. The highest BCUT2D eigenvalue weighted by molar-refractivity contribution is 5.89. The van der Waals surface area contributed by atoms with Crippen molar-refractivity contribution in [1.29, 1.82) is 0 Å². The molecular formula is C28H30N6O4. The molecule has 2 amide bonds. The normalized spacial score (nSPS) is 14.3. The van der Waals surface area contributed by atoms with Crippen LogP contribution in [0.25, 0.3) is 11.6 Å². The zero-order valence-corrected chi connectivity index (χ0v) is 21.2. The van der Waals surface area contributed by atoms with Gasteiger partial charge in [0.2, 0.25) is 17.6 Å². The molecule has 196 valence electrons. The number of amides is 2. The minimum atomic E-state index is -0.917. The quantitative estimate of drug-likeness (QED) is 0.348. The molecule has 2 heterocycles. The van der Waals surface area contributed by atoms with Gasteiger partial charge in [-0.2, -0.15) is 4.80 Å². The highest BCUT2D eigenvalue weighted by Gasteiger charge is 2.33. The maximum atomic E-state index is 13.8. The summed E-state index contributed by atoms with van der Waals surface area (Å²) in [5.41, 5.74) is 1.47. The summed E-state index contributed by atoms with van der Waals surface area (Å²) in [6.45, 7) is 1.80. The largest absolute Gasteiger partial charge is 0.508 e. The molecule has 0 bridgehead atoms. The van der Waals surface area contributed by atoms with Crippen LogP contribution in [0, 0.1) is 6.92 Å². The summed E-state index contributed by atoms with van der Waals surface area (Å²) < 4.78 is 5.57. The lowest BCUT2D eigenvalue weighted by molar-refractivity contribution is -0.142. The Morgan fingerprint density at radius 2 is 1.82 bits per heavy atom. The Kier molecular flexibility index (Phi) is 7.48. The number of furan rings is 1. The topological polar surface area (TPSA) is 126 Å². The van der Waals surface area contributed by atoms with Gasteiger partial charge in [0.1, 0.15) is 24.1 Å². The number of phenolic OH excluding ortho intramolecular Hbond substituents is 1. The number of phenols is 1. The molecule has 0 spiro atoms. The van der Waals surface area contributed by atoms with Crippen molar-refractivity contribution in [2.45, 2.75) is 57.8 Å². The molecule has 0 aliphatic heterocycles. The zero-order chi connectivity index (χ0) is 26.5. The maximum absolute atomic E-state index is 13.8. The van der Waals surface area contributed by atoms with Gasteiger partial charge in [-0.25, -0.2) is 0 Å². The number of hydrogen-bond acceptors (Lipinski definition) is 7. The van der Waals surface area contributed by atoms with E-state index in [0.29, 0.717) is 17.1 Å². The number of carbonyl (C=O) groups excluding carboxylic acids is 2. The number of nitrogens with one attached hydrogen (secondary N) is 1. The minimum absolute atomic E-state index is 0.0760. The summed E-state index contributed by atoms with van der Waals surface area (Å²) in [7, 11) is 0. The number of aromatic hydroxyl groups is 1. The van der Waals surface area contributed by atoms with E-state index >= 15 is 0 Å². The molecule has 2 aromatic heterocycles. The van der Waals surface area contributed by atoms with Gasteiger partial charge in [0, 0.05) is 12.6 Å². The van der Waals surface area contributed by atoms with Crippen LogP contribution in [-0.4, -0.2) is 48.1 Å². The lowest BCUT2D eigenvalue weighted by Crippen LogP contribution is -2.46. The number of benzene rings is 2. The third kappa shape index (κ3) is 5.91. The first kappa shape index (κ1) is 25.2. The van der Waals surface area contributed by atoms with Crippen LogP contribution in [0.2, 0.25) is 0 Å². The number of hydrogen-bond donors (Lipinski definition) is 2. The van der Waals surface area contributed by atoms with Gasteiger partial charge in [-0.05, 0) is 60.4 Å². The molecule has 2 N–H and O–H groups in total. The second kappa shape index (κ2) is 11.3. The summed E-state index contributed by atoms with van der Waals surface area (Å²) in [5, 5.41) is 25.4. The van der Waals surface area contributed by atoms with Crippen LogP contribution < -0.4 is 5.32 Å². The van der Waals surface area contributed by atoms with E-state index in [0.717, 1.165) is 31.2 Å². The highest BCUT2D eigenvalue weighted by Crippen LogP contribution is 2.27. The highest BCUT2D eigenvalue weighted by atomic mass is 16.3. The number of aromatic nitrogens is 4. The SMILES string of the molecule is Cc1ccc(-c2nnn(CC(=O)N(Cc3ccccc3)C(C(=O)NC3CCCC3)c3ccc(O)cc3)n2)o1. The predicted molar refractivity (Wildman–Crippen MR) is 138 cm³/mol. The number of tetrazole rings is 1. The summed E-state index contributed by atoms with van der Waals surface area (Å²) in [6.07, 6.45) is 3.96. The van der Waals surface area contributed by atoms with Crippen LogP contribution in [0.5, 0.6) is 5.75 Å². The van der Waals surface area contributed by atoms with Crippen molar-refractivity contribution in [3.63, 3.8) is 0 Å². The summed E-state index contributed by atoms with van der Waals surface area (Å²) in [4.78, 5) is 30.3. The maximum Gasteiger partial charge on any atom is 0.247 e. The van der Waals surface area contributed by atoms with Crippen LogP contribution in [0.3, 0.4) is 0 Å². The monoisotopic (exact) mass is 514 g/mol. The number of rotatable bonds is 9. The first-order valence-electron chi connectivity index (χ1n) is 12.7. The zero-order valence-electron chi connectivity index (χ0n) is 21.2. The summed E-state index contributed by atoms with van der Waals surface area (Å²) in [5.74, 6) is 0.914. The van der Waals surface area contributed by atoms with E-state index in [-0.39, 0.29) is 42.5 Å². The van der Waals surface area contributed by atoms with Crippen LogP contribution >= 0.6 is 0 Å². The van der Waals surface area contributed by atoms with Crippen molar-refractivity contribution < 1.29 is 19.1 Å². The van der Waals surface area contributed by atoms with Gasteiger partial charge in [0.05, 0.1) is 0 Å². The Morgan fingerprint density at radius 1 is 1.08 bits per heavy atom. The molecule has 1 fully saturated rings. The smallest absolute Gasteiger partial charge is 0.247 e. The van der Waals surface area contributed by atoms with E-state index in [2.05, 4.69) is 20.7 Å². The number of carbonyl (C=O) groups is 2. The van der Waals surface area contributed by atoms with Crippen molar-refractivity contribution in [2.75, 3.05) is 0 Å². The Labute approximate surface area is 220 Å². The third-order valence-corrected chi connectivity index (χ3v) is 6.68. The molecule has 1 saturated carbocycles. The minimum Gasteiger partial charge on any atom is -0.508 e. The van der Waals surface area contributed by atoms with Gasteiger partial charge in [0.25, 0.3) is 0 Å². The Bertz CT molecular complexity index is 1380. The van der Waals surface area contributed by atoms with Gasteiger partial charge in [0.15, 0.2) is 5.76 Å². The van der Waals surface area contributed by atoms with Crippen molar-refractivity contribution in [3.05, 3.63) is 83.6 Å². The van der Waals surface area contributed by atoms with Crippen molar-refractivity contribution in [3.8, 4) is 17.3 Å². The Morgan fingerprint density at radius 3 is 2.50 bits per heavy atom. The van der Waals surface area contributed by atoms with Gasteiger partial charge in [-0.1, -0.05) is 55.3 Å². The molecule has 4 aromatic rings. The van der Waals surface area contributed by atoms with E-state index in [1.54, 1.807) is 24.3 Å². The van der Waals surface area contributed by atoms with Gasteiger partial charge in [-0.15, -0.1) is 10.2 Å². The van der Waals surface area contributed by atoms with E-state index in [4.69, 9.17) is 4.42 Å². The summed E-state index contributed by atoms with van der Waals surface area (Å²) >= 11 is 0. The second-order valence-electron chi connectivity index (χ2n) is 9.55. The van der Waals surface area contributed by atoms with E-state index in [1.165, 1.54) is 21.8 Å². The molecule has 1 atom stereocenters. The second-order valence-corrected chi connectivity index (χ2v) is 9.55. The molecule has 1 aliphatic rings. The molecular weight excluding hydrogens is 484 g/mol. The fraction of sp³-hybridized carbons (Fsp3) is 0.321. The number of nitrogens with zero attached hydrogens (tertiary/aromatic N) is 5. The average Bonchev–Trinajstić information content (AvgIpc) is 3.68. The van der Waals surface area contributed by atoms with Crippen molar-refractivity contribution in [1.82, 2.24) is 30.4 Å². The molecule has 2 aromatic carbocycles. The van der Waals surface area contributed by atoms with Crippen molar-refractivity contribution >= 4 is 11.8 Å². The Balaban J connectivity index is 1.46. The molecule has 0 radical (unpaired) electrons. The molecule has 10 heteroatoms. The van der Waals surface area contributed by atoms with E-state index < -0.39 is 6.04 Å². The third-order valence-electron chi connectivity index (χ3n) is 6.68. The van der Waals surface area contributed by atoms with Crippen LogP contribution in [-0.2, 0) is 22.7 Å². The fourth-order valence-electron chi connectivity index (χ4n) is 4.76. The molecule has 10 nitrogen and oxygen atoms in total. The standard InChI is InChI=1S/C28H30N6O4/c1-19-11-16-24(38-19)27-30-32-34(31-27)18-25(36)33(17-20-7-3-2-4-8-20)26(21-12-14-23(35)15-13-21)28(37)29-22-9-5-6-10-22/h2-4,7-8,11-16,22,26,35H,5-6,9-10,17-18H2,1H3,(H,29,37). The molecule has 38 heavy (non-hydrogen) atoms. The first-order chi connectivity index (χ1) is 18.5. The summed E-state index contributed by atoms with van der Waals surface area (Å²) in [6, 6.07) is 18.6. The van der Waals surface area contributed by atoms with Crippen molar-refractivity contribution in [2.24, 2.45) is 0 Å². The van der Waals surface area contributed by atoms with Crippen LogP contribution in [0.15, 0.2) is 71.1 Å². The molecule has 0 saturated heterocycles. The van der Waals surface area contributed by atoms with Gasteiger partial charge in [-0.3, -0.25) is 9.59 Å². The Hall–Kier alpha value is -4.47.